The number of benzene rings is 2. The van der Waals surface area contributed by atoms with Gasteiger partial charge in [0.15, 0.2) is 0 Å². The molecule has 23 heavy (non-hydrogen) atoms. The quantitative estimate of drug-likeness (QED) is 0.730. The molecule has 0 amide bonds. The molecule has 0 saturated carbocycles. The van der Waals surface area contributed by atoms with Gasteiger partial charge in [0.25, 0.3) is 0 Å². The van der Waals surface area contributed by atoms with Crippen LogP contribution in [0.25, 0.3) is 0 Å². The zero-order valence-corrected chi connectivity index (χ0v) is 13.5. The van der Waals surface area contributed by atoms with Gasteiger partial charge in [-0.2, -0.15) is 0 Å². The number of carboxylic acid groups (broad SMARTS) is 1. The first kappa shape index (κ1) is 17.0. The summed E-state index contributed by atoms with van der Waals surface area (Å²) in [4.78, 5) is 11.2. The molecule has 0 heterocycles. The maximum Gasteiger partial charge on any atom is 0.335 e. The van der Waals surface area contributed by atoms with Gasteiger partial charge in [0.05, 0.1) is 5.56 Å². The van der Waals surface area contributed by atoms with Crippen LogP contribution >= 0.6 is 0 Å². The second-order valence-electron chi connectivity index (χ2n) is 5.94. The van der Waals surface area contributed by atoms with Crippen LogP contribution in [-0.4, -0.2) is 28.8 Å². The van der Waals surface area contributed by atoms with Crippen molar-refractivity contribution in [3.8, 4) is 5.75 Å². The highest BCUT2D eigenvalue weighted by molar-refractivity contribution is 5.88. The monoisotopic (exact) mass is 313 g/mol. The van der Waals surface area contributed by atoms with Crippen molar-refractivity contribution in [1.29, 1.82) is 0 Å². The van der Waals surface area contributed by atoms with Gasteiger partial charge in [0.2, 0.25) is 0 Å². The highest BCUT2D eigenvalue weighted by Gasteiger charge is 2.19. The highest BCUT2D eigenvalue weighted by atomic mass is 16.4. The van der Waals surface area contributed by atoms with E-state index in [1.807, 2.05) is 30.3 Å². The van der Waals surface area contributed by atoms with Gasteiger partial charge in [0, 0.05) is 17.5 Å². The molecule has 3 N–H and O–H groups in total. The first-order valence-electron chi connectivity index (χ1n) is 7.83. The van der Waals surface area contributed by atoms with Gasteiger partial charge < -0.3 is 15.5 Å². The fourth-order valence-electron chi connectivity index (χ4n) is 2.67. The third kappa shape index (κ3) is 4.57. The van der Waals surface area contributed by atoms with E-state index in [9.17, 15) is 15.0 Å². The number of hydrogen-bond donors (Lipinski definition) is 3. The standard InChI is InChI=1S/C19H23NO3/c1-13(2)20-11-10-16(14-6-4-3-5-7-14)17-12-15(19(22)23)8-9-18(17)21/h3-9,12-13,16,20-21H,10-11H2,1-2H3,(H,22,23)/t16-/m0/s1. The lowest BCUT2D eigenvalue weighted by atomic mass is 9.87. The Morgan fingerprint density at radius 1 is 1.13 bits per heavy atom. The summed E-state index contributed by atoms with van der Waals surface area (Å²) < 4.78 is 0. The second-order valence-corrected chi connectivity index (χ2v) is 5.94. The molecule has 122 valence electrons. The normalized spacial score (nSPS) is 12.3. The molecule has 0 fully saturated rings. The number of aromatic carboxylic acids is 1. The molecular weight excluding hydrogens is 290 g/mol. The van der Waals surface area contributed by atoms with Gasteiger partial charge in [-0.3, -0.25) is 0 Å². The molecule has 1 atom stereocenters. The Kier molecular flexibility index (Phi) is 5.77. The van der Waals surface area contributed by atoms with Gasteiger partial charge in [-0.1, -0.05) is 44.2 Å². The summed E-state index contributed by atoms with van der Waals surface area (Å²) in [5.74, 6) is -0.909. The van der Waals surface area contributed by atoms with E-state index in [-0.39, 0.29) is 17.2 Å². The van der Waals surface area contributed by atoms with E-state index in [2.05, 4.69) is 19.2 Å². The van der Waals surface area contributed by atoms with Crippen molar-refractivity contribution in [3.05, 3.63) is 65.2 Å². The van der Waals surface area contributed by atoms with E-state index in [0.29, 0.717) is 11.6 Å². The number of carbonyl (C=O) groups is 1. The van der Waals surface area contributed by atoms with Crippen LogP contribution < -0.4 is 5.32 Å². The van der Waals surface area contributed by atoms with E-state index in [1.54, 1.807) is 6.07 Å². The Morgan fingerprint density at radius 3 is 2.43 bits per heavy atom. The van der Waals surface area contributed by atoms with Crippen molar-refractivity contribution < 1.29 is 15.0 Å². The second kappa shape index (κ2) is 7.79. The summed E-state index contributed by atoms with van der Waals surface area (Å²) >= 11 is 0. The summed E-state index contributed by atoms with van der Waals surface area (Å²) in [6, 6.07) is 14.7. The molecule has 0 unspecified atom stereocenters. The molecule has 2 aromatic carbocycles. The van der Waals surface area contributed by atoms with Crippen LogP contribution in [0.15, 0.2) is 48.5 Å². The minimum absolute atomic E-state index is 0.0539. The molecule has 0 spiro atoms. The predicted octanol–water partition coefficient (Wildman–Crippen LogP) is 3.61. The minimum atomic E-state index is -0.988. The number of aromatic hydroxyl groups is 1. The molecule has 0 aliphatic rings. The Bertz CT molecular complexity index is 653. The number of rotatable bonds is 7. The molecular formula is C19H23NO3. The van der Waals surface area contributed by atoms with Crippen LogP contribution in [0, 0.1) is 0 Å². The molecule has 0 aliphatic carbocycles. The third-order valence-electron chi connectivity index (χ3n) is 3.84. The van der Waals surface area contributed by atoms with Gasteiger partial charge in [-0.15, -0.1) is 0 Å². The number of nitrogens with one attached hydrogen (secondary N) is 1. The molecule has 0 bridgehead atoms. The maximum absolute atomic E-state index is 11.2. The van der Waals surface area contributed by atoms with Crippen molar-refractivity contribution in [2.45, 2.75) is 32.2 Å². The lowest BCUT2D eigenvalue weighted by Gasteiger charge is -2.20. The van der Waals surface area contributed by atoms with E-state index in [4.69, 9.17) is 0 Å². The Balaban J connectivity index is 2.36. The molecule has 2 aromatic rings. The van der Waals surface area contributed by atoms with Gasteiger partial charge >= 0.3 is 5.97 Å². The van der Waals surface area contributed by atoms with E-state index >= 15 is 0 Å². The molecule has 4 heteroatoms. The topological polar surface area (TPSA) is 69.6 Å². The van der Waals surface area contributed by atoms with E-state index in [0.717, 1.165) is 18.5 Å². The van der Waals surface area contributed by atoms with E-state index < -0.39 is 5.97 Å². The fourth-order valence-corrected chi connectivity index (χ4v) is 2.67. The van der Waals surface area contributed by atoms with Gasteiger partial charge in [0.1, 0.15) is 5.75 Å². The van der Waals surface area contributed by atoms with Crippen LogP contribution in [-0.2, 0) is 0 Å². The van der Waals surface area contributed by atoms with Crippen molar-refractivity contribution >= 4 is 5.97 Å². The van der Waals surface area contributed by atoms with Crippen LogP contribution in [0.2, 0.25) is 0 Å². The first-order chi connectivity index (χ1) is 11.0. The Labute approximate surface area is 136 Å². The van der Waals surface area contributed by atoms with Crippen molar-refractivity contribution in [2.24, 2.45) is 0 Å². The lowest BCUT2D eigenvalue weighted by molar-refractivity contribution is 0.0696. The van der Waals surface area contributed by atoms with Crippen molar-refractivity contribution in [1.82, 2.24) is 5.32 Å². The summed E-state index contributed by atoms with van der Waals surface area (Å²) in [6.45, 7) is 4.95. The SMILES string of the molecule is CC(C)NCC[C@@H](c1ccccc1)c1cc(C(=O)O)ccc1O. The molecule has 2 rings (SSSR count). The largest absolute Gasteiger partial charge is 0.508 e. The Hall–Kier alpha value is -2.33. The summed E-state index contributed by atoms with van der Waals surface area (Å²) in [6.07, 6.45) is 0.777. The first-order valence-corrected chi connectivity index (χ1v) is 7.83. The lowest BCUT2D eigenvalue weighted by Crippen LogP contribution is -2.25. The molecule has 0 radical (unpaired) electrons. The fraction of sp³-hybridized carbons (Fsp3) is 0.316. The van der Waals surface area contributed by atoms with Crippen LogP contribution in [0.1, 0.15) is 47.7 Å². The highest BCUT2D eigenvalue weighted by Crippen LogP contribution is 2.34. The van der Waals surface area contributed by atoms with Gasteiger partial charge in [-0.05, 0) is 36.7 Å². The minimum Gasteiger partial charge on any atom is -0.508 e. The predicted molar refractivity (Wildman–Crippen MR) is 91.1 cm³/mol. The number of hydrogen-bond acceptors (Lipinski definition) is 3. The maximum atomic E-state index is 11.2. The van der Waals surface area contributed by atoms with Crippen LogP contribution in [0.4, 0.5) is 0 Å². The summed E-state index contributed by atoms with van der Waals surface area (Å²) in [5.41, 5.74) is 1.91. The molecule has 0 saturated heterocycles. The molecule has 4 nitrogen and oxygen atoms in total. The van der Waals surface area contributed by atoms with Crippen LogP contribution in [0.5, 0.6) is 5.75 Å². The smallest absolute Gasteiger partial charge is 0.335 e. The van der Waals surface area contributed by atoms with E-state index in [1.165, 1.54) is 12.1 Å². The number of phenols is 1. The Morgan fingerprint density at radius 2 is 1.83 bits per heavy atom. The average Bonchev–Trinajstić information content (AvgIpc) is 2.53. The summed E-state index contributed by atoms with van der Waals surface area (Å²) in [5, 5.41) is 22.8. The zero-order chi connectivity index (χ0) is 16.8. The summed E-state index contributed by atoms with van der Waals surface area (Å²) in [7, 11) is 0. The molecule has 0 aliphatic heterocycles. The third-order valence-corrected chi connectivity index (χ3v) is 3.84. The van der Waals surface area contributed by atoms with Crippen LogP contribution in [0.3, 0.4) is 0 Å². The van der Waals surface area contributed by atoms with Gasteiger partial charge in [-0.25, -0.2) is 4.79 Å². The average molecular weight is 313 g/mol. The number of carboxylic acids is 1. The number of phenolic OH excluding ortho intramolecular Hbond substituents is 1. The van der Waals surface area contributed by atoms with Crippen molar-refractivity contribution in [2.75, 3.05) is 6.54 Å². The zero-order valence-electron chi connectivity index (χ0n) is 13.5. The molecule has 0 aromatic heterocycles. The van der Waals surface area contributed by atoms with Crippen molar-refractivity contribution in [3.63, 3.8) is 0 Å².